The number of nitrogens with zero attached hydrogens (tertiary/aromatic N) is 1. The Morgan fingerprint density at radius 1 is 1.23 bits per heavy atom. The van der Waals surface area contributed by atoms with Gasteiger partial charge in [-0.25, -0.2) is 0 Å². The Bertz CT molecular complexity index is 683. The van der Waals surface area contributed by atoms with E-state index in [1.165, 1.54) is 69.4 Å². The lowest BCUT2D eigenvalue weighted by molar-refractivity contribution is -0.171. The quantitative estimate of drug-likeness (QED) is 0.399. The molecule has 1 aliphatic carbocycles. The summed E-state index contributed by atoms with van der Waals surface area (Å²) in [7, 11) is 2.88. The molecule has 1 amide bonds. The van der Waals surface area contributed by atoms with Crippen LogP contribution in [0.25, 0.3) is 0 Å². The molecule has 1 fully saturated rings. The van der Waals surface area contributed by atoms with Crippen LogP contribution in [0.4, 0.5) is 13.2 Å². The van der Waals surface area contributed by atoms with E-state index in [0.29, 0.717) is 23.6 Å². The van der Waals surface area contributed by atoms with Gasteiger partial charge in [-0.1, -0.05) is 45.2 Å². The van der Waals surface area contributed by atoms with Crippen molar-refractivity contribution in [1.82, 2.24) is 4.90 Å². The maximum absolute atomic E-state index is 13.7. The number of halogens is 3. The first-order chi connectivity index (χ1) is 14.2. The van der Waals surface area contributed by atoms with Crippen LogP contribution >= 0.6 is 0 Å². The number of carbonyl (C=O) groups excluding carboxylic acids is 1. The maximum atomic E-state index is 13.7. The van der Waals surface area contributed by atoms with Crippen molar-refractivity contribution in [3.05, 3.63) is 29.8 Å². The zero-order chi connectivity index (χ0) is 22.4. The summed E-state index contributed by atoms with van der Waals surface area (Å²) in [5.41, 5.74) is 0.344. The highest BCUT2D eigenvalue weighted by molar-refractivity contribution is 5.84. The zero-order valence-corrected chi connectivity index (χ0v) is 18.7. The predicted molar refractivity (Wildman–Crippen MR) is 114 cm³/mol. The number of likely N-dealkylation sites (N-methyl/N-ethyl adjacent to an activating group) is 1. The fourth-order valence-corrected chi connectivity index (χ4v) is 4.98. The Hall–Kier alpha value is -1.72. The first-order valence-electron chi connectivity index (χ1n) is 11.1. The molecule has 0 N–H and O–H groups in total. The minimum absolute atomic E-state index is 0.0797. The lowest BCUT2D eigenvalue weighted by Crippen LogP contribution is -2.42. The smallest absolute Gasteiger partial charge is 0.404 e. The molecule has 1 atom stereocenters. The largest absolute Gasteiger partial charge is 0.497 e. The van der Waals surface area contributed by atoms with Crippen LogP contribution in [0.1, 0.15) is 76.7 Å². The average molecular weight is 428 g/mol. The first-order valence-corrected chi connectivity index (χ1v) is 11.1. The molecular formula is C24H36F3NO2. The molecule has 1 aliphatic rings. The molecule has 0 aromatic heterocycles. The molecule has 1 aromatic rings. The Kier molecular flexibility index (Phi) is 8.62. The third kappa shape index (κ3) is 6.14. The van der Waals surface area contributed by atoms with Crippen molar-refractivity contribution in [3.63, 3.8) is 0 Å². The van der Waals surface area contributed by atoms with Gasteiger partial charge in [-0.3, -0.25) is 4.79 Å². The van der Waals surface area contributed by atoms with Gasteiger partial charge in [0, 0.05) is 13.6 Å². The number of hydrogen-bond acceptors (Lipinski definition) is 2. The summed E-state index contributed by atoms with van der Waals surface area (Å²) in [6, 6.07) is 5.69. The Morgan fingerprint density at radius 3 is 2.50 bits per heavy atom. The third-order valence-corrected chi connectivity index (χ3v) is 6.53. The highest BCUT2D eigenvalue weighted by Crippen LogP contribution is 2.53. The van der Waals surface area contributed by atoms with Crippen LogP contribution in [0.2, 0.25) is 0 Å². The molecule has 1 saturated carbocycles. The highest BCUT2D eigenvalue weighted by atomic mass is 19.4. The molecule has 0 bridgehead atoms. The number of benzene rings is 1. The molecule has 6 heteroatoms. The molecule has 0 spiro atoms. The van der Waals surface area contributed by atoms with Crippen LogP contribution in [0.3, 0.4) is 0 Å². The minimum Gasteiger partial charge on any atom is -0.497 e. The van der Waals surface area contributed by atoms with Crippen LogP contribution in [-0.4, -0.2) is 37.7 Å². The van der Waals surface area contributed by atoms with Gasteiger partial charge >= 0.3 is 6.18 Å². The topological polar surface area (TPSA) is 29.5 Å². The van der Waals surface area contributed by atoms with E-state index in [0.717, 1.165) is 19.3 Å². The van der Waals surface area contributed by atoms with E-state index in [1.807, 2.05) is 0 Å². The van der Waals surface area contributed by atoms with Crippen molar-refractivity contribution >= 4 is 5.91 Å². The first kappa shape index (κ1) is 24.5. The van der Waals surface area contributed by atoms with E-state index in [-0.39, 0.29) is 5.56 Å². The molecule has 170 valence electrons. The molecule has 0 saturated heterocycles. The zero-order valence-electron chi connectivity index (χ0n) is 18.7. The standard InChI is InChI=1S/C24H36F3NO2/c1-5-7-13-23(12-6-2)16-18(17-23)11-14-28(3)22(29)21(24(25,26)27)19-9-8-10-20(15-19)30-4/h8-10,15,18,21H,5-7,11-14,16-17H2,1-4H3. The molecule has 2 rings (SSSR count). The summed E-state index contributed by atoms with van der Waals surface area (Å²) < 4.78 is 46.3. The number of amides is 1. The van der Waals surface area contributed by atoms with Crippen LogP contribution < -0.4 is 4.74 Å². The summed E-state index contributed by atoms with van der Waals surface area (Å²) in [6.45, 7) is 4.77. The van der Waals surface area contributed by atoms with Crippen LogP contribution in [0, 0.1) is 11.3 Å². The molecule has 0 heterocycles. The fourth-order valence-electron chi connectivity index (χ4n) is 4.98. The summed E-state index contributed by atoms with van der Waals surface area (Å²) in [4.78, 5) is 14.0. The molecule has 1 unspecified atom stereocenters. The number of hydrogen-bond donors (Lipinski definition) is 0. The van der Waals surface area contributed by atoms with E-state index < -0.39 is 18.0 Å². The molecule has 3 nitrogen and oxygen atoms in total. The number of methoxy groups -OCH3 is 1. The number of unbranched alkanes of at least 4 members (excludes halogenated alkanes) is 1. The van der Waals surface area contributed by atoms with E-state index in [2.05, 4.69) is 13.8 Å². The minimum atomic E-state index is -4.65. The van der Waals surface area contributed by atoms with E-state index in [4.69, 9.17) is 4.74 Å². The van der Waals surface area contributed by atoms with Crippen molar-refractivity contribution in [3.8, 4) is 5.75 Å². The van der Waals surface area contributed by atoms with Gasteiger partial charge in [0.15, 0.2) is 5.92 Å². The normalized spacial score (nSPS) is 22.3. The summed E-state index contributed by atoms with van der Waals surface area (Å²) in [6.07, 6.45) is 4.47. The average Bonchev–Trinajstić information content (AvgIpc) is 2.67. The Morgan fingerprint density at radius 2 is 1.93 bits per heavy atom. The van der Waals surface area contributed by atoms with Crippen molar-refractivity contribution in [2.45, 2.75) is 77.3 Å². The van der Waals surface area contributed by atoms with Crippen molar-refractivity contribution < 1.29 is 22.7 Å². The van der Waals surface area contributed by atoms with Crippen LogP contribution in [-0.2, 0) is 4.79 Å². The molecular weight excluding hydrogens is 391 g/mol. The van der Waals surface area contributed by atoms with Gasteiger partial charge in [-0.15, -0.1) is 0 Å². The highest BCUT2D eigenvalue weighted by Gasteiger charge is 2.47. The van der Waals surface area contributed by atoms with Crippen molar-refractivity contribution in [2.24, 2.45) is 11.3 Å². The van der Waals surface area contributed by atoms with E-state index in [9.17, 15) is 18.0 Å². The number of rotatable bonds is 11. The van der Waals surface area contributed by atoms with Crippen molar-refractivity contribution in [2.75, 3.05) is 20.7 Å². The molecule has 1 aromatic carbocycles. The van der Waals surface area contributed by atoms with Gasteiger partial charge in [0.2, 0.25) is 5.91 Å². The molecule has 0 aliphatic heterocycles. The Labute approximate surface area is 179 Å². The maximum Gasteiger partial charge on any atom is 0.404 e. The van der Waals surface area contributed by atoms with Gasteiger partial charge in [0.1, 0.15) is 5.75 Å². The lowest BCUT2D eigenvalue weighted by Gasteiger charge is -2.49. The number of carbonyl (C=O) groups is 1. The second-order valence-corrected chi connectivity index (χ2v) is 8.93. The summed E-state index contributed by atoms with van der Waals surface area (Å²) in [5.74, 6) is -2.25. The molecule has 30 heavy (non-hydrogen) atoms. The lowest BCUT2D eigenvalue weighted by atomic mass is 9.57. The summed E-state index contributed by atoms with van der Waals surface area (Å²) in [5, 5.41) is 0. The second-order valence-electron chi connectivity index (χ2n) is 8.93. The molecule has 0 radical (unpaired) electrons. The van der Waals surface area contributed by atoms with E-state index >= 15 is 0 Å². The van der Waals surface area contributed by atoms with Crippen LogP contribution in [0.15, 0.2) is 24.3 Å². The van der Waals surface area contributed by atoms with Gasteiger partial charge in [-0.05, 0) is 61.1 Å². The third-order valence-electron chi connectivity index (χ3n) is 6.53. The van der Waals surface area contributed by atoms with Gasteiger partial charge in [0.05, 0.1) is 7.11 Å². The summed E-state index contributed by atoms with van der Waals surface area (Å²) >= 11 is 0. The van der Waals surface area contributed by atoms with Crippen LogP contribution in [0.5, 0.6) is 5.75 Å². The fraction of sp³-hybridized carbons (Fsp3) is 0.708. The number of ether oxygens (including phenoxy) is 1. The monoisotopic (exact) mass is 427 g/mol. The van der Waals surface area contributed by atoms with Crippen molar-refractivity contribution in [1.29, 1.82) is 0 Å². The second kappa shape index (κ2) is 10.5. The SMILES string of the molecule is CCCCC1(CCC)CC(CCN(C)C(=O)C(c2cccc(OC)c2)C(F)(F)F)C1. The predicted octanol–water partition coefficient (Wildman–Crippen LogP) is 6.58. The van der Waals surface area contributed by atoms with Gasteiger partial charge in [-0.2, -0.15) is 13.2 Å². The number of alkyl halides is 3. The Balaban J connectivity index is 1.98. The van der Waals surface area contributed by atoms with Gasteiger partial charge < -0.3 is 9.64 Å². The van der Waals surface area contributed by atoms with Gasteiger partial charge in [0.25, 0.3) is 0 Å². The van der Waals surface area contributed by atoms with E-state index in [1.54, 1.807) is 6.07 Å².